The van der Waals surface area contributed by atoms with Crippen molar-refractivity contribution in [2.45, 2.75) is 244 Å². The Bertz CT molecular complexity index is 1270. The lowest BCUT2D eigenvalue weighted by atomic mass is 10.0. The van der Waals surface area contributed by atoms with Gasteiger partial charge in [0.05, 0.1) is 25.4 Å². The number of ether oxygens (including phenoxy) is 3. The predicted octanol–water partition coefficient (Wildman–Crippen LogP) is 12.9. The van der Waals surface area contributed by atoms with Gasteiger partial charge in [-0.2, -0.15) is 0 Å². The number of esters is 2. The first-order valence-electron chi connectivity index (χ1n) is 25.1. The molecule has 0 bridgehead atoms. The first-order chi connectivity index (χ1) is 30.6. The number of carbonyl (C=O) groups excluding carboxylic acids is 2. The molecule has 63 heavy (non-hydrogen) atoms. The second kappa shape index (κ2) is 41.1. The van der Waals surface area contributed by atoms with Crippen molar-refractivity contribution in [3.05, 3.63) is 36.5 Å². The highest BCUT2D eigenvalue weighted by Gasteiger charge is 2.36. The van der Waals surface area contributed by atoms with Gasteiger partial charge in [0, 0.05) is 12.8 Å². The van der Waals surface area contributed by atoms with Gasteiger partial charge in [-0.3, -0.25) is 23.4 Å². The second-order valence-electron chi connectivity index (χ2n) is 17.3. The highest BCUT2D eigenvalue weighted by molar-refractivity contribution is 7.47. The van der Waals surface area contributed by atoms with Crippen LogP contribution in [-0.2, 0) is 42.2 Å². The van der Waals surface area contributed by atoms with Gasteiger partial charge >= 0.3 is 25.7 Å². The van der Waals surface area contributed by atoms with E-state index in [1.165, 1.54) is 128 Å². The van der Waals surface area contributed by atoms with E-state index in [0.717, 1.165) is 44.9 Å². The third kappa shape index (κ3) is 38.6. The largest absolute Gasteiger partial charge is 0.480 e. The smallest absolute Gasteiger partial charge is 0.472 e. The highest BCUT2D eigenvalue weighted by Crippen LogP contribution is 2.43. The zero-order chi connectivity index (χ0) is 46.1. The topological polar surface area (TPSA) is 184 Å². The fraction of sp³-hybridized carbons (Fsp3) is 0.820. The van der Waals surface area contributed by atoms with E-state index >= 15 is 0 Å². The SMILES string of the molecule is CCCCC/C=C\C/C=C\CC1OC1C/C=C\CCCC(=O)O[C@H](COC(=O)CCCCCCCCCCCCCCCCCCCCCCC)COP(=O)(O)OC[C@H](N)C(=O)O. The molecule has 13 heteroatoms. The highest BCUT2D eigenvalue weighted by atomic mass is 31.2. The molecule has 366 valence electrons. The van der Waals surface area contributed by atoms with Crippen molar-refractivity contribution in [1.29, 1.82) is 0 Å². The number of carboxylic acid groups (broad SMARTS) is 1. The number of hydrogen-bond acceptors (Lipinski definition) is 10. The Hall–Kier alpha value is -2.34. The van der Waals surface area contributed by atoms with Crippen molar-refractivity contribution in [2.75, 3.05) is 19.8 Å². The van der Waals surface area contributed by atoms with Gasteiger partial charge in [0.1, 0.15) is 12.6 Å². The maximum absolute atomic E-state index is 12.7. The summed E-state index contributed by atoms with van der Waals surface area (Å²) in [4.78, 5) is 46.2. The summed E-state index contributed by atoms with van der Waals surface area (Å²) in [5, 5.41) is 8.92. The number of hydrogen-bond donors (Lipinski definition) is 3. The van der Waals surface area contributed by atoms with Crippen LogP contribution in [0.25, 0.3) is 0 Å². The van der Waals surface area contributed by atoms with E-state index in [2.05, 4.69) is 48.8 Å². The summed E-state index contributed by atoms with van der Waals surface area (Å²) in [6.07, 6.45) is 48.1. The summed E-state index contributed by atoms with van der Waals surface area (Å²) < 4.78 is 38.6. The molecular formula is C50H90NO11P. The van der Waals surface area contributed by atoms with Gasteiger partial charge in [-0.1, -0.05) is 192 Å². The normalized spacial score (nSPS) is 17.1. The number of rotatable bonds is 46. The lowest BCUT2D eigenvalue weighted by Gasteiger charge is -2.20. The lowest BCUT2D eigenvalue weighted by Crippen LogP contribution is -2.34. The molecule has 1 aliphatic rings. The van der Waals surface area contributed by atoms with E-state index in [0.29, 0.717) is 19.3 Å². The first kappa shape index (κ1) is 58.7. The van der Waals surface area contributed by atoms with Crippen molar-refractivity contribution in [2.24, 2.45) is 5.73 Å². The molecule has 0 saturated carbocycles. The number of carboxylic acids is 1. The Kier molecular flexibility index (Phi) is 38.3. The van der Waals surface area contributed by atoms with Gasteiger partial charge in [0.2, 0.25) is 0 Å². The summed E-state index contributed by atoms with van der Waals surface area (Å²) in [6, 6.07) is -1.53. The fourth-order valence-corrected chi connectivity index (χ4v) is 8.00. The minimum atomic E-state index is -4.74. The van der Waals surface area contributed by atoms with Crippen molar-refractivity contribution in [3.63, 3.8) is 0 Å². The molecule has 0 radical (unpaired) electrons. The summed E-state index contributed by atoms with van der Waals surface area (Å²) in [5.74, 6) is -2.45. The van der Waals surface area contributed by atoms with E-state index in [-0.39, 0.29) is 31.7 Å². The van der Waals surface area contributed by atoms with Crippen LogP contribution >= 0.6 is 7.82 Å². The molecule has 3 unspecified atom stereocenters. The molecule has 0 spiro atoms. The standard InChI is InChI=1S/C50H90NO11P/c1-3-5-7-9-11-13-14-15-16-17-18-19-20-21-22-23-24-26-28-30-35-39-48(52)58-41-44(42-59-63(56,57)60-43-45(51)50(54)55)61-49(53)40-36-32-31-34-38-47-46(62-47)37-33-29-27-25-12-10-8-6-4-2/h12,25,29,31,33-34,44-47H,3-11,13-24,26-28,30,32,35-43,51H2,1-2H3,(H,54,55)(H,56,57)/b25-12-,33-29-,34-31-/t44-,45+,46?,47?/m1/s1. The molecule has 12 nitrogen and oxygen atoms in total. The van der Waals surface area contributed by atoms with E-state index < -0.39 is 51.1 Å². The molecule has 1 heterocycles. The number of allylic oxidation sites excluding steroid dienone is 4. The van der Waals surface area contributed by atoms with Crippen LogP contribution in [0.5, 0.6) is 0 Å². The van der Waals surface area contributed by atoms with Crippen molar-refractivity contribution in [1.82, 2.24) is 0 Å². The lowest BCUT2D eigenvalue weighted by molar-refractivity contribution is -0.161. The molecule has 1 aliphatic heterocycles. The van der Waals surface area contributed by atoms with E-state index in [1.807, 2.05) is 6.08 Å². The average molecular weight is 912 g/mol. The van der Waals surface area contributed by atoms with Gasteiger partial charge in [0.15, 0.2) is 6.10 Å². The van der Waals surface area contributed by atoms with Crippen LogP contribution in [0.15, 0.2) is 36.5 Å². The van der Waals surface area contributed by atoms with Crippen molar-refractivity contribution in [3.8, 4) is 0 Å². The Morgan fingerprint density at radius 1 is 0.571 bits per heavy atom. The first-order valence-corrected chi connectivity index (χ1v) is 26.6. The minimum absolute atomic E-state index is 0.0787. The van der Waals surface area contributed by atoms with Crippen LogP contribution in [0, 0.1) is 0 Å². The molecule has 1 rings (SSSR count). The maximum atomic E-state index is 12.7. The van der Waals surface area contributed by atoms with E-state index in [9.17, 15) is 23.8 Å². The Morgan fingerprint density at radius 2 is 1.00 bits per heavy atom. The van der Waals surface area contributed by atoms with Gasteiger partial charge in [-0.15, -0.1) is 0 Å². The third-order valence-corrected chi connectivity index (χ3v) is 12.2. The number of epoxide rings is 1. The number of unbranched alkanes of at least 4 members (excludes halogenated alkanes) is 24. The zero-order valence-corrected chi connectivity index (χ0v) is 40.5. The van der Waals surface area contributed by atoms with Crippen LogP contribution < -0.4 is 5.73 Å². The molecule has 0 aliphatic carbocycles. The Labute approximate surface area is 382 Å². The van der Waals surface area contributed by atoms with Crippen LogP contribution in [-0.4, -0.2) is 72.1 Å². The van der Waals surface area contributed by atoms with Crippen molar-refractivity contribution >= 4 is 25.7 Å². The average Bonchev–Trinajstić information content (AvgIpc) is 4.02. The summed E-state index contributed by atoms with van der Waals surface area (Å²) in [7, 11) is -4.74. The molecule has 0 amide bonds. The van der Waals surface area contributed by atoms with Crippen molar-refractivity contribution < 1.29 is 52.2 Å². The molecule has 1 fully saturated rings. The van der Waals surface area contributed by atoms with Gasteiger partial charge < -0.3 is 29.9 Å². The molecule has 4 N–H and O–H groups in total. The summed E-state index contributed by atoms with van der Waals surface area (Å²) in [5.41, 5.74) is 5.35. The van der Waals surface area contributed by atoms with Gasteiger partial charge in [0.25, 0.3) is 0 Å². The predicted molar refractivity (Wildman–Crippen MR) is 253 cm³/mol. The molecule has 5 atom stereocenters. The number of phosphoric ester groups is 1. The number of nitrogens with two attached hydrogens (primary N) is 1. The molecule has 0 aromatic rings. The number of phosphoric acid groups is 1. The third-order valence-electron chi connectivity index (χ3n) is 11.3. The monoisotopic (exact) mass is 912 g/mol. The number of aliphatic carboxylic acids is 1. The van der Waals surface area contributed by atoms with Gasteiger partial charge in [-0.25, -0.2) is 4.57 Å². The molecular weight excluding hydrogens is 822 g/mol. The summed E-state index contributed by atoms with van der Waals surface area (Å²) >= 11 is 0. The van der Waals surface area contributed by atoms with E-state index in [1.54, 1.807) is 0 Å². The Morgan fingerprint density at radius 3 is 1.54 bits per heavy atom. The fourth-order valence-electron chi connectivity index (χ4n) is 7.22. The van der Waals surface area contributed by atoms with Crippen LogP contribution in [0.1, 0.15) is 219 Å². The summed E-state index contributed by atoms with van der Waals surface area (Å²) in [6.45, 7) is 2.74. The van der Waals surface area contributed by atoms with Crippen LogP contribution in [0.3, 0.4) is 0 Å². The molecule has 0 aromatic carbocycles. The van der Waals surface area contributed by atoms with Crippen LogP contribution in [0.2, 0.25) is 0 Å². The zero-order valence-electron chi connectivity index (χ0n) is 39.6. The quantitative estimate of drug-likeness (QED) is 0.0173. The van der Waals surface area contributed by atoms with Gasteiger partial charge in [-0.05, 0) is 51.4 Å². The second-order valence-corrected chi connectivity index (χ2v) is 18.8. The number of carbonyl (C=O) groups is 3. The molecule has 0 aromatic heterocycles. The minimum Gasteiger partial charge on any atom is -0.480 e. The van der Waals surface area contributed by atoms with Crippen LogP contribution in [0.4, 0.5) is 0 Å². The Balaban J connectivity index is 2.24. The van der Waals surface area contributed by atoms with E-state index in [4.69, 9.17) is 29.6 Å². The molecule has 1 saturated heterocycles. The maximum Gasteiger partial charge on any atom is 0.472 e.